The summed E-state index contributed by atoms with van der Waals surface area (Å²) in [6, 6.07) is 11.7. The first-order chi connectivity index (χ1) is 11.6. The zero-order valence-electron chi connectivity index (χ0n) is 13.6. The van der Waals surface area contributed by atoms with Crippen molar-refractivity contribution in [3.63, 3.8) is 0 Å². The third kappa shape index (κ3) is 2.48. The SMILES string of the molecule is C=C(C)Cn1c(-c2ccc(N)cc2)nc2cc3c(cc21)OCCO3. The number of benzene rings is 2. The molecule has 3 aromatic rings. The number of nitrogens with zero attached hydrogens (tertiary/aromatic N) is 2. The predicted molar refractivity (Wildman–Crippen MR) is 95.4 cm³/mol. The van der Waals surface area contributed by atoms with E-state index < -0.39 is 0 Å². The maximum atomic E-state index is 5.81. The van der Waals surface area contributed by atoms with Gasteiger partial charge in [0.25, 0.3) is 0 Å². The summed E-state index contributed by atoms with van der Waals surface area (Å²) >= 11 is 0. The Morgan fingerprint density at radius 1 is 1.17 bits per heavy atom. The molecule has 0 atom stereocenters. The molecule has 122 valence electrons. The lowest BCUT2D eigenvalue weighted by Gasteiger charge is -2.18. The van der Waals surface area contributed by atoms with E-state index in [9.17, 15) is 0 Å². The topological polar surface area (TPSA) is 62.3 Å². The van der Waals surface area contributed by atoms with Crippen molar-refractivity contribution in [2.24, 2.45) is 0 Å². The van der Waals surface area contributed by atoms with Gasteiger partial charge in [-0.1, -0.05) is 12.2 Å². The molecule has 1 aliphatic rings. The predicted octanol–water partition coefficient (Wildman–Crippen LogP) is 3.63. The first-order valence-electron chi connectivity index (χ1n) is 7.92. The first kappa shape index (κ1) is 14.6. The van der Waals surface area contributed by atoms with Crippen LogP contribution in [0.2, 0.25) is 0 Å². The van der Waals surface area contributed by atoms with Crippen molar-refractivity contribution in [2.75, 3.05) is 18.9 Å². The van der Waals surface area contributed by atoms with Crippen LogP contribution in [0.4, 0.5) is 5.69 Å². The number of hydrogen-bond acceptors (Lipinski definition) is 4. The highest BCUT2D eigenvalue weighted by atomic mass is 16.6. The average Bonchev–Trinajstić information content (AvgIpc) is 2.90. The van der Waals surface area contributed by atoms with Gasteiger partial charge in [0.2, 0.25) is 0 Å². The zero-order valence-corrected chi connectivity index (χ0v) is 13.6. The molecule has 1 aromatic heterocycles. The van der Waals surface area contributed by atoms with Crippen molar-refractivity contribution < 1.29 is 9.47 Å². The summed E-state index contributed by atoms with van der Waals surface area (Å²) in [4.78, 5) is 4.82. The highest BCUT2D eigenvalue weighted by molar-refractivity contribution is 5.84. The third-order valence-electron chi connectivity index (χ3n) is 4.01. The summed E-state index contributed by atoms with van der Waals surface area (Å²) in [7, 11) is 0. The molecule has 5 heteroatoms. The Labute approximate surface area is 140 Å². The van der Waals surface area contributed by atoms with Crippen LogP contribution in [0.25, 0.3) is 22.4 Å². The van der Waals surface area contributed by atoms with Gasteiger partial charge in [-0.05, 0) is 31.2 Å². The van der Waals surface area contributed by atoms with Crippen LogP contribution in [0.5, 0.6) is 11.5 Å². The van der Waals surface area contributed by atoms with Crippen molar-refractivity contribution >= 4 is 16.7 Å². The van der Waals surface area contributed by atoms with E-state index >= 15 is 0 Å². The third-order valence-corrected chi connectivity index (χ3v) is 4.01. The Kier molecular flexibility index (Phi) is 3.41. The number of fused-ring (bicyclic) bond motifs is 2. The highest BCUT2D eigenvalue weighted by Crippen LogP contribution is 2.36. The van der Waals surface area contributed by atoms with Crippen LogP contribution in [-0.4, -0.2) is 22.8 Å². The molecule has 0 unspecified atom stereocenters. The van der Waals surface area contributed by atoms with Crippen molar-refractivity contribution in [3.8, 4) is 22.9 Å². The normalized spacial score (nSPS) is 13.2. The van der Waals surface area contributed by atoms with Crippen molar-refractivity contribution in [1.29, 1.82) is 0 Å². The smallest absolute Gasteiger partial charge is 0.163 e. The van der Waals surface area contributed by atoms with Gasteiger partial charge in [-0.2, -0.15) is 0 Å². The average molecular weight is 321 g/mol. The molecular formula is C19H19N3O2. The maximum absolute atomic E-state index is 5.81. The second-order valence-electron chi connectivity index (χ2n) is 6.09. The zero-order chi connectivity index (χ0) is 16.7. The number of rotatable bonds is 3. The van der Waals surface area contributed by atoms with Gasteiger partial charge >= 0.3 is 0 Å². The lowest BCUT2D eigenvalue weighted by Crippen LogP contribution is -2.15. The quantitative estimate of drug-likeness (QED) is 0.591. The van der Waals surface area contributed by atoms with Crippen LogP contribution in [0.15, 0.2) is 48.6 Å². The summed E-state index contributed by atoms with van der Waals surface area (Å²) in [6.07, 6.45) is 0. The largest absolute Gasteiger partial charge is 0.486 e. The Morgan fingerprint density at radius 2 is 1.83 bits per heavy atom. The van der Waals surface area contributed by atoms with Crippen LogP contribution in [0.1, 0.15) is 6.92 Å². The molecule has 1 aliphatic heterocycles. The molecule has 4 rings (SSSR count). The van der Waals surface area contributed by atoms with E-state index in [0.717, 1.165) is 45.2 Å². The fourth-order valence-corrected chi connectivity index (χ4v) is 2.94. The molecule has 0 amide bonds. The van der Waals surface area contributed by atoms with Crippen LogP contribution >= 0.6 is 0 Å². The molecule has 0 saturated carbocycles. The number of nitrogens with two attached hydrogens (primary N) is 1. The fraction of sp³-hybridized carbons (Fsp3) is 0.211. The van der Waals surface area contributed by atoms with E-state index in [1.807, 2.05) is 43.3 Å². The van der Waals surface area contributed by atoms with Gasteiger partial charge in [0.15, 0.2) is 11.5 Å². The second-order valence-corrected chi connectivity index (χ2v) is 6.09. The molecule has 24 heavy (non-hydrogen) atoms. The molecule has 0 fully saturated rings. The van der Waals surface area contributed by atoms with E-state index in [1.54, 1.807) is 0 Å². The summed E-state index contributed by atoms with van der Waals surface area (Å²) in [5, 5.41) is 0. The van der Waals surface area contributed by atoms with Gasteiger partial charge in [-0.3, -0.25) is 0 Å². The minimum Gasteiger partial charge on any atom is -0.486 e. The molecule has 2 heterocycles. The van der Waals surface area contributed by atoms with Gasteiger partial charge in [0.05, 0.1) is 11.0 Å². The van der Waals surface area contributed by atoms with Gasteiger partial charge in [0.1, 0.15) is 19.0 Å². The molecule has 2 aromatic carbocycles. The molecule has 0 aliphatic carbocycles. The van der Waals surface area contributed by atoms with Gasteiger partial charge < -0.3 is 19.8 Å². The van der Waals surface area contributed by atoms with E-state index in [0.29, 0.717) is 19.8 Å². The number of anilines is 1. The molecule has 0 spiro atoms. The Morgan fingerprint density at radius 3 is 2.50 bits per heavy atom. The summed E-state index contributed by atoms with van der Waals surface area (Å²) in [5.74, 6) is 2.40. The van der Waals surface area contributed by atoms with Crippen LogP contribution in [0, 0.1) is 0 Å². The minimum atomic E-state index is 0.565. The highest BCUT2D eigenvalue weighted by Gasteiger charge is 2.19. The summed E-state index contributed by atoms with van der Waals surface area (Å²) in [6.45, 7) is 7.88. The number of allylic oxidation sites excluding steroid dienone is 1. The van der Waals surface area contributed by atoms with Gasteiger partial charge in [0, 0.05) is 29.9 Å². The lowest BCUT2D eigenvalue weighted by atomic mass is 10.2. The van der Waals surface area contributed by atoms with E-state index in [1.165, 1.54) is 0 Å². The molecular weight excluding hydrogens is 302 g/mol. The fourth-order valence-electron chi connectivity index (χ4n) is 2.94. The molecule has 5 nitrogen and oxygen atoms in total. The monoisotopic (exact) mass is 321 g/mol. The molecule has 0 bridgehead atoms. The Balaban J connectivity index is 1.94. The number of imidazole rings is 1. The lowest BCUT2D eigenvalue weighted by molar-refractivity contribution is 0.172. The van der Waals surface area contributed by atoms with Crippen molar-refractivity contribution in [3.05, 3.63) is 48.6 Å². The van der Waals surface area contributed by atoms with Crippen molar-refractivity contribution in [1.82, 2.24) is 9.55 Å². The van der Waals surface area contributed by atoms with E-state index in [2.05, 4.69) is 11.1 Å². The van der Waals surface area contributed by atoms with Gasteiger partial charge in [-0.15, -0.1) is 0 Å². The Hall–Kier alpha value is -2.95. The van der Waals surface area contributed by atoms with E-state index in [4.69, 9.17) is 20.2 Å². The minimum absolute atomic E-state index is 0.565. The second kappa shape index (κ2) is 5.60. The van der Waals surface area contributed by atoms with E-state index in [-0.39, 0.29) is 0 Å². The number of aromatic nitrogens is 2. The number of ether oxygens (including phenoxy) is 2. The maximum Gasteiger partial charge on any atom is 0.163 e. The van der Waals surface area contributed by atoms with Crippen LogP contribution in [0.3, 0.4) is 0 Å². The number of nitrogen functional groups attached to an aromatic ring is 1. The molecule has 0 saturated heterocycles. The molecule has 2 N–H and O–H groups in total. The first-order valence-corrected chi connectivity index (χ1v) is 7.92. The summed E-state index contributed by atoms with van der Waals surface area (Å²) < 4.78 is 13.5. The van der Waals surface area contributed by atoms with Gasteiger partial charge in [-0.25, -0.2) is 4.98 Å². The van der Waals surface area contributed by atoms with Crippen LogP contribution < -0.4 is 15.2 Å². The summed E-state index contributed by atoms with van der Waals surface area (Å²) in [5.41, 5.74) is 10.5. The number of hydrogen-bond donors (Lipinski definition) is 1. The standard InChI is InChI=1S/C19H19N3O2/c1-12(2)11-22-16-10-18-17(23-7-8-24-18)9-15(16)21-19(22)13-3-5-14(20)6-4-13/h3-6,9-10H,1,7-8,11,20H2,2H3. The van der Waals surface area contributed by atoms with Crippen LogP contribution in [-0.2, 0) is 6.54 Å². The molecule has 0 radical (unpaired) electrons. The van der Waals surface area contributed by atoms with Crippen molar-refractivity contribution in [2.45, 2.75) is 13.5 Å². The Bertz CT molecular complexity index is 926.